The number of phenolic OH excluding ortho intramolecular Hbond substituents is 1. The molecular weight excluding hydrogens is 274 g/mol. The van der Waals surface area contributed by atoms with Crippen LogP contribution in [0.5, 0.6) is 5.75 Å². The highest BCUT2D eigenvalue weighted by Gasteiger charge is 2.35. The number of imide groups is 1. The zero-order valence-electron chi connectivity index (χ0n) is 11.7. The summed E-state index contributed by atoms with van der Waals surface area (Å²) in [7, 11) is 0. The number of phenols is 1. The van der Waals surface area contributed by atoms with Gasteiger partial charge in [-0.1, -0.05) is 19.9 Å². The van der Waals surface area contributed by atoms with Crippen LogP contribution in [0.25, 0.3) is 6.08 Å². The Morgan fingerprint density at radius 3 is 2.65 bits per heavy atom. The Morgan fingerprint density at radius 2 is 2.05 bits per heavy atom. The summed E-state index contributed by atoms with van der Waals surface area (Å²) < 4.78 is 0. The smallest absolute Gasteiger partial charge is 0.293 e. The Bertz CT molecular complexity index is 593. The van der Waals surface area contributed by atoms with E-state index in [-0.39, 0.29) is 22.8 Å². The molecule has 0 atom stereocenters. The van der Waals surface area contributed by atoms with E-state index in [9.17, 15) is 14.7 Å². The first kappa shape index (κ1) is 14.7. The molecule has 0 spiro atoms. The predicted octanol–water partition coefficient (Wildman–Crippen LogP) is 3.39. The molecule has 1 fully saturated rings. The molecule has 5 heteroatoms. The third-order valence-corrected chi connectivity index (χ3v) is 3.85. The minimum absolute atomic E-state index is 0.217. The zero-order chi connectivity index (χ0) is 14.9. The number of hydrogen-bond donors (Lipinski definition) is 1. The number of hydrogen-bond acceptors (Lipinski definition) is 4. The molecule has 1 aliphatic rings. The van der Waals surface area contributed by atoms with Gasteiger partial charge in [0.15, 0.2) is 0 Å². The monoisotopic (exact) mass is 291 g/mol. The van der Waals surface area contributed by atoms with Crippen molar-refractivity contribution in [2.24, 2.45) is 5.92 Å². The van der Waals surface area contributed by atoms with Crippen LogP contribution in [0.2, 0.25) is 0 Å². The lowest BCUT2D eigenvalue weighted by atomic mass is 10.1. The first-order valence-corrected chi connectivity index (χ1v) is 7.25. The first-order valence-electron chi connectivity index (χ1n) is 6.43. The van der Waals surface area contributed by atoms with Crippen LogP contribution in [0, 0.1) is 12.8 Å². The average Bonchev–Trinajstić information content (AvgIpc) is 2.61. The molecule has 1 N–H and O–H groups in total. The topological polar surface area (TPSA) is 57.6 Å². The van der Waals surface area contributed by atoms with Crippen LogP contribution in [0.15, 0.2) is 23.1 Å². The summed E-state index contributed by atoms with van der Waals surface area (Å²) in [5.41, 5.74) is 1.54. The third-order valence-electron chi connectivity index (χ3n) is 2.94. The van der Waals surface area contributed by atoms with Crippen LogP contribution in [-0.2, 0) is 4.79 Å². The Kier molecular flexibility index (Phi) is 4.18. The maximum atomic E-state index is 12.2. The van der Waals surface area contributed by atoms with Gasteiger partial charge in [-0.05, 0) is 53.9 Å². The summed E-state index contributed by atoms with van der Waals surface area (Å²) >= 11 is 0.965. The van der Waals surface area contributed by atoms with Gasteiger partial charge in [-0.3, -0.25) is 14.5 Å². The van der Waals surface area contributed by atoms with Crippen molar-refractivity contribution >= 4 is 29.0 Å². The Labute approximate surface area is 122 Å². The molecular formula is C15H17NO3S. The van der Waals surface area contributed by atoms with Crippen LogP contribution in [0.3, 0.4) is 0 Å². The fourth-order valence-corrected chi connectivity index (χ4v) is 2.79. The fraction of sp³-hybridized carbons (Fsp3) is 0.333. The highest BCUT2D eigenvalue weighted by Crippen LogP contribution is 2.33. The molecule has 0 unspecified atom stereocenters. The summed E-state index contributed by atoms with van der Waals surface area (Å²) in [6, 6.07) is 5.09. The molecule has 4 nitrogen and oxygen atoms in total. The molecule has 1 heterocycles. The van der Waals surface area contributed by atoms with Gasteiger partial charge in [0.2, 0.25) is 0 Å². The van der Waals surface area contributed by atoms with E-state index in [4.69, 9.17) is 0 Å². The van der Waals surface area contributed by atoms with Crippen molar-refractivity contribution in [3.05, 3.63) is 34.2 Å². The van der Waals surface area contributed by atoms with E-state index < -0.39 is 0 Å². The molecule has 0 aromatic heterocycles. The SMILES string of the molecule is Cc1cc(/C=C2\SC(=O)N(CC(C)C)C2=O)ccc1O. The second-order valence-corrected chi connectivity index (χ2v) is 6.23. The van der Waals surface area contributed by atoms with E-state index in [0.29, 0.717) is 11.4 Å². The summed E-state index contributed by atoms with van der Waals surface area (Å²) in [5, 5.41) is 9.27. The predicted molar refractivity (Wildman–Crippen MR) is 80.4 cm³/mol. The largest absolute Gasteiger partial charge is 0.508 e. The van der Waals surface area contributed by atoms with Crippen molar-refractivity contribution in [3.8, 4) is 5.75 Å². The molecule has 106 valence electrons. The average molecular weight is 291 g/mol. The summed E-state index contributed by atoms with van der Waals surface area (Å²) in [5.74, 6) is 0.230. The number of aryl methyl sites for hydroxylation is 1. The van der Waals surface area contributed by atoms with Gasteiger partial charge in [0, 0.05) is 6.54 Å². The van der Waals surface area contributed by atoms with Crippen molar-refractivity contribution in [3.63, 3.8) is 0 Å². The number of carbonyl (C=O) groups excluding carboxylic acids is 2. The van der Waals surface area contributed by atoms with Crippen LogP contribution in [0.4, 0.5) is 4.79 Å². The van der Waals surface area contributed by atoms with Crippen molar-refractivity contribution in [1.82, 2.24) is 4.90 Å². The number of nitrogens with zero attached hydrogens (tertiary/aromatic N) is 1. The molecule has 1 aromatic carbocycles. The van der Waals surface area contributed by atoms with E-state index in [1.165, 1.54) is 4.90 Å². The zero-order valence-corrected chi connectivity index (χ0v) is 12.5. The van der Waals surface area contributed by atoms with Gasteiger partial charge in [-0.25, -0.2) is 0 Å². The molecule has 0 saturated carbocycles. The summed E-state index contributed by atoms with van der Waals surface area (Å²) in [4.78, 5) is 25.7. The second kappa shape index (κ2) is 5.71. The van der Waals surface area contributed by atoms with Gasteiger partial charge < -0.3 is 5.11 Å². The lowest BCUT2D eigenvalue weighted by Gasteiger charge is -2.14. The van der Waals surface area contributed by atoms with Crippen LogP contribution in [0.1, 0.15) is 25.0 Å². The minimum Gasteiger partial charge on any atom is -0.508 e. The van der Waals surface area contributed by atoms with E-state index in [2.05, 4.69) is 0 Å². The second-order valence-electron chi connectivity index (χ2n) is 5.23. The highest BCUT2D eigenvalue weighted by atomic mass is 32.2. The number of benzene rings is 1. The van der Waals surface area contributed by atoms with Crippen LogP contribution in [-0.4, -0.2) is 27.7 Å². The van der Waals surface area contributed by atoms with Gasteiger partial charge in [0.1, 0.15) is 5.75 Å². The lowest BCUT2D eigenvalue weighted by molar-refractivity contribution is -0.123. The molecule has 20 heavy (non-hydrogen) atoms. The Hall–Kier alpha value is -1.75. The van der Waals surface area contributed by atoms with Gasteiger partial charge in [0.05, 0.1) is 4.91 Å². The quantitative estimate of drug-likeness (QED) is 0.867. The van der Waals surface area contributed by atoms with Gasteiger partial charge >= 0.3 is 0 Å². The molecule has 0 bridgehead atoms. The van der Waals surface area contributed by atoms with Crippen molar-refractivity contribution in [2.45, 2.75) is 20.8 Å². The van der Waals surface area contributed by atoms with Crippen molar-refractivity contribution < 1.29 is 14.7 Å². The molecule has 1 saturated heterocycles. The van der Waals surface area contributed by atoms with E-state index in [1.54, 1.807) is 31.2 Å². The molecule has 2 rings (SSSR count). The summed E-state index contributed by atoms with van der Waals surface area (Å²) in [6.45, 7) is 6.17. The van der Waals surface area contributed by atoms with Crippen LogP contribution < -0.4 is 0 Å². The molecule has 1 aliphatic heterocycles. The normalized spacial score (nSPS) is 17.6. The van der Waals surface area contributed by atoms with Gasteiger partial charge in [0.25, 0.3) is 11.1 Å². The highest BCUT2D eigenvalue weighted by molar-refractivity contribution is 8.18. The Balaban J connectivity index is 2.25. The van der Waals surface area contributed by atoms with E-state index in [0.717, 1.165) is 22.9 Å². The van der Waals surface area contributed by atoms with Gasteiger partial charge in [-0.15, -0.1) is 0 Å². The first-order chi connectivity index (χ1) is 9.38. The summed E-state index contributed by atoms with van der Waals surface area (Å²) in [6.07, 6.45) is 1.69. The number of rotatable bonds is 3. The minimum atomic E-state index is -0.237. The molecule has 0 radical (unpaired) electrons. The number of thioether (sulfide) groups is 1. The molecule has 1 aromatic rings. The lowest BCUT2D eigenvalue weighted by Crippen LogP contribution is -2.31. The third kappa shape index (κ3) is 3.04. The number of aromatic hydroxyl groups is 1. The van der Waals surface area contributed by atoms with Gasteiger partial charge in [-0.2, -0.15) is 0 Å². The van der Waals surface area contributed by atoms with Crippen molar-refractivity contribution in [1.29, 1.82) is 0 Å². The fourth-order valence-electron chi connectivity index (χ4n) is 1.94. The number of amides is 2. The standard InChI is InChI=1S/C15H17NO3S/c1-9(2)8-16-14(18)13(20-15(16)19)7-11-4-5-12(17)10(3)6-11/h4-7,9,17H,8H2,1-3H3/b13-7-. The number of carbonyl (C=O) groups is 2. The maximum absolute atomic E-state index is 12.2. The molecule has 0 aliphatic carbocycles. The Morgan fingerprint density at radius 1 is 1.35 bits per heavy atom. The van der Waals surface area contributed by atoms with E-state index in [1.807, 2.05) is 13.8 Å². The van der Waals surface area contributed by atoms with E-state index >= 15 is 0 Å². The molecule has 2 amide bonds. The van der Waals surface area contributed by atoms with Crippen LogP contribution >= 0.6 is 11.8 Å². The maximum Gasteiger partial charge on any atom is 0.293 e. The van der Waals surface area contributed by atoms with Crippen molar-refractivity contribution in [2.75, 3.05) is 6.54 Å².